The number of fused-ring (bicyclic) bond motifs is 1. The molecule has 4 atom stereocenters. The average molecular weight is 443 g/mol. The number of benzene rings is 1. The van der Waals surface area contributed by atoms with Crippen LogP contribution in [0.1, 0.15) is 52.0 Å². The molecule has 0 spiro atoms. The second-order valence-electron chi connectivity index (χ2n) is 10.2. The maximum atomic E-state index is 13.3. The van der Waals surface area contributed by atoms with Crippen LogP contribution in [0.25, 0.3) is 0 Å². The number of carbonyl (C=O) groups excluding carboxylic acids is 2. The van der Waals surface area contributed by atoms with Gasteiger partial charge in [0.25, 0.3) is 0 Å². The van der Waals surface area contributed by atoms with Crippen LogP contribution in [0.5, 0.6) is 0 Å². The number of nitrogens with zero attached hydrogens (tertiary/aromatic N) is 1. The van der Waals surface area contributed by atoms with Gasteiger partial charge in [-0.05, 0) is 29.5 Å². The van der Waals surface area contributed by atoms with Gasteiger partial charge in [-0.1, -0.05) is 39.8 Å². The standard InChI is InChI=1S/C24H34N4O2S/c1-13(2)31-23-26-21-20(22(30)27-23)18(14-7-9-15(10-8-14)28(5)6)19-16(25-21)11-24(3,4)12-17(19)29/h7-10,13,18,20-21,23,25-26H,11-12H2,1-6H3,(H,27,30). The van der Waals surface area contributed by atoms with Gasteiger partial charge in [0.2, 0.25) is 5.91 Å². The summed E-state index contributed by atoms with van der Waals surface area (Å²) in [7, 11) is 4.02. The van der Waals surface area contributed by atoms with E-state index in [0.717, 1.165) is 28.9 Å². The van der Waals surface area contributed by atoms with Crippen molar-refractivity contribution < 1.29 is 9.59 Å². The van der Waals surface area contributed by atoms with Crippen LogP contribution < -0.4 is 20.9 Å². The van der Waals surface area contributed by atoms with Gasteiger partial charge >= 0.3 is 0 Å². The predicted octanol–water partition coefficient (Wildman–Crippen LogP) is 3.17. The molecule has 0 aromatic heterocycles. The van der Waals surface area contributed by atoms with E-state index in [2.05, 4.69) is 72.8 Å². The Bertz CT molecular complexity index is 907. The Hall–Kier alpha value is -1.99. The zero-order chi connectivity index (χ0) is 22.5. The summed E-state index contributed by atoms with van der Waals surface area (Å²) in [6.45, 7) is 8.53. The monoisotopic (exact) mass is 442 g/mol. The quantitative estimate of drug-likeness (QED) is 0.665. The molecule has 1 amide bonds. The van der Waals surface area contributed by atoms with Crippen molar-refractivity contribution in [3.8, 4) is 0 Å². The summed E-state index contributed by atoms with van der Waals surface area (Å²) in [5.41, 5.74) is 3.68. The number of thioether (sulfide) groups is 1. The molecule has 168 valence electrons. The van der Waals surface area contributed by atoms with Gasteiger partial charge in [0.15, 0.2) is 5.78 Å². The maximum absolute atomic E-state index is 13.3. The summed E-state index contributed by atoms with van der Waals surface area (Å²) in [4.78, 5) is 28.7. The SMILES string of the molecule is CC(C)SC1NC(=O)C2C(NC3=C(C(=O)CC(C)(C)C3)C2c2ccc(N(C)C)cc2)N1. The van der Waals surface area contributed by atoms with E-state index in [1.807, 2.05) is 14.1 Å². The minimum Gasteiger partial charge on any atom is -0.378 e. The number of hydrogen-bond donors (Lipinski definition) is 3. The first kappa shape index (κ1) is 22.2. The molecule has 1 saturated heterocycles. The molecule has 1 aromatic rings. The number of carbonyl (C=O) groups is 2. The molecule has 6 nitrogen and oxygen atoms in total. The largest absolute Gasteiger partial charge is 0.378 e. The van der Waals surface area contributed by atoms with Crippen LogP contribution in [0.3, 0.4) is 0 Å². The Morgan fingerprint density at radius 2 is 1.74 bits per heavy atom. The van der Waals surface area contributed by atoms with E-state index in [9.17, 15) is 9.59 Å². The summed E-state index contributed by atoms with van der Waals surface area (Å²) < 4.78 is 0. The molecule has 0 saturated carbocycles. The zero-order valence-corrected chi connectivity index (χ0v) is 20.1. The van der Waals surface area contributed by atoms with Crippen LogP contribution in [0.15, 0.2) is 35.5 Å². The van der Waals surface area contributed by atoms with E-state index in [1.54, 1.807) is 11.8 Å². The first-order valence-electron chi connectivity index (χ1n) is 11.1. The van der Waals surface area contributed by atoms with Crippen LogP contribution in [-0.4, -0.2) is 42.7 Å². The minimum atomic E-state index is -0.377. The van der Waals surface area contributed by atoms with E-state index in [-0.39, 0.29) is 40.6 Å². The highest BCUT2D eigenvalue weighted by atomic mass is 32.2. The van der Waals surface area contributed by atoms with Gasteiger partial charge in [0.05, 0.1) is 12.1 Å². The molecule has 3 N–H and O–H groups in total. The third-order valence-corrected chi connectivity index (χ3v) is 7.43. The number of Topliss-reactive ketones (excluding diaryl/α,β-unsaturated/α-hetero) is 1. The van der Waals surface area contributed by atoms with Gasteiger partial charge in [0, 0.05) is 48.6 Å². The number of allylic oxidation sites excluding steroid dienone is 2. The third kappa shape index (κ3) is 4.35. The molecule has 1 aromatic carbocycles. The van der Waals surface area contributed by atoms with E-state index >= 15 is 0 Å². The second kappa shape index (κ2) is 8.17. The lowest BCUT2D eigenvalue weighted by atomic mass is 9.66. The molecular weight excluding hydrogens is 408 g/mol. The molecule has 7 heteroatoms. The topological polar surface area (TPSA) is 73.5 Å². The molecule has 1 fully saturated rings. The predicted molar refractivity (Wildman–Crippen MR) is 127 cm³/mol. The maximum Gasteiger partial charge on any atom is 0.229 e. The molecule has 4 unspecified atom stereocenters. The smallest absolute Gasteiger partial charge is 0.229 e. The fraction of sp³-hybridized carbons (Fsp3) is 0.583. The summed E-state index contributed by atoms with van der Waals surface area (Å²) in [5, 5.41) is 10.7. The fourth-order valence-corrected chi connectivity index (χ4v) is 6.01. The van der Waals surface area contributed by atoms with Crippen LogP contribution >= 0.6 is 11.8 Å². The van der Waals surface area contributed by atoms with Crippen molar-refractivity contribution in [2.24, 2.45) is 11.3 Å². The third-order valence-electron chi connectivity index (χ3n) is 6.36. The molecule has 2 aliphatic heterocycles. The lowest BCUT2D eigenvalue weighted by Crippen LogP contribution is -2.68. The Kier molecular flexibility index (Phi) is 5.85. The first-order chi connectivity index (χ1) is 14.6. The molecule has 0 radical (unpaired) electrons. The first-order valence-corrected chi connectivity index (χ1v) is 12.0. The number of ketones is 1. The van der Waals surface area contributed by atoms with Gasteiger partial charge in [0.1, 0.15) is 5.50 Å². The van der Waals surface area contributed by atoms with E-state index < -0.39 is 0 Å². The highest BCUT2D eigenvalue weighted by Crippen LogP contribution is 2.47. The molecule has 2 heterocycles. The van der Waals surface area contributed by atoms with Crippen molar-refractivity contribution in [1.29, 1.82) is 0 Å². The normalized spacial score (nSPS) is 29.8. The van der Waals surface area contributed by atoms with E-state index in [1.165, 1.54) is 0 Å². The zero-order valence-electron chi connectivity index (χ0n) is 19.3. The number of anilines is 1. The van der Waals surface area contributed by atoms with Crippen LogP contribution in [0.2, 0.25) is 0 Å². The lowest BCUT2D eigenvalue weighted by molar-refractivity contribution is -0.130. The Morgan fingerprint density at radius 1 is 1.06 bits per heavy atom. The van der Waals surface area contributed by atoms with Crippen LogP contribution in [-0.2, 0) is 9.59 Å². The number of rotatable bonds is 4. The Morgan fingerprint density at radius 3 is 2.35 bits per heavy atom. The molecule has 0 bridgehead atoms. The van der Waals surface area contributed by atoms with Crippen molar-refractivity contribution >= 4 is 29.1 Å². The van der Waals surface area contributed by atoms with Gasteiger partial charge < -0.3 is 15.5 Å². The van der Waals surface area contributed by atoms with Gasteiger partial charge in [-0.2, -0.15) is 0 Å². The van der Waals surface area contributed by atoms with Crippen molar-refractivity contribution in [3.63, 3.8) is 0 Å². The van der Waals surface area contributed by atoms with Gasteiger partial charge in [-0.15, -0.1) is 11.8 Å². The number of amides is 1. The Labute approximate surface area is 189 Å². The molecule has 4 rings (SSSR count). The Balaban J connectivity index is 1.77. The van der Waals surface area contributed by atoms with Crippen LogP contribution in [0.4, 0.5) is 5.69 Å². The lowest BCUT2D eigenvalue weighted by Gasteiger charge is -2.49. The van der Waals surface area contributed by atoms with Gasteiger partial charge in [-0.25, -0.2) is 0 Å². The average Bonchev–Trinajstić information content (AvgIpc) is 2.64. The summed E-state index contributed by atoms with van der Waals surface area (Å²) in [6, 6.07) is 8.27. The van der Waals surface area contributed by atoms with Crippen molar-refractivity contribution in [2.45, 2.75) is 63.4 Å². The molecular formula is C24H34N4O2S. The minimum absolute atomic E-state index is 0.000250. The van der Waals surface area contributed by atoms with Crippen molar-refractivity contribution in [1.82, 2.24) is 16.0 Å². The second-order valence-corrected chi connectivity index (χ2v) is 11.9. The number of hydrogen-bond acceptors (Lipinski definition) is 6. The summed E-state index contributed by atoms with van der Waals surface area (Å²) in [5.74, 6) is -0.470. The summed E-state index contributed by atoms with van der Waals surface area (Å²) >= 11 is 1.70. The molecule has 3 aliphatic rings. The van der Waals surface area contributed by atoms with Crippen LogP contribution in [0, 0.1) is 11.3 Å². The number of nitrogens with one attached hydrogen (secondary N) is 3. The summed E-state index contributed by atoms with van der Waals surface area (Å²) in [6.07, 6.45) is 1.12. The molecule has 31 heavy (non-hydrogen) atoms. The van der Waals surface area contributed by atoms with E-state index in [0.29, 0.717) is 11.7 Å². The molecule has 1 aliphatic carbocycles. The van der Waals surface area contributed by atoms with Crippen molar-refractivity contribution in [2.75, 3.05) is 19.0 Å². The van der Waals surface area contributed by atoms with Gasteiger partial charge in [-0.3, -0.25) is 14.9 Å². The fourth-order valence-electron chi connectivity index (χ4n) is 5.05. The van der Waals surface area contributed by atoms with Crippen molar-refractivity contribution in [3.05, 3.63) is 41.1 Å². The van der Waals surface area contributed by atoms with E-state index in [4.69, 9.17) is 0 Å². The highest BCUT2D eigenvalue weighted by Gasteiger charge is 2.50. The highest BCUT2D eigenvalue weighted by molar-refractivity contribution is 8.00.